The quantitative estimate of drug-likeness (QED) is 0.940. The number of hydrogen-bond acceptors (Lipinski definition) is 3. The van der Waals surface area contributed by atoms with Gasteiger partial charge in [-0.1, -0.05) is 11.6 Å². The molecule has 0 spiro atoms. The molecule has 1 heterocycles. The van der Waals surface area contributed by atoms with Gasteiger partial charge in [-0.05, 0) is 18.6 Å². The topological polar surface area (TPSA) is 56.1 Å². The van der Waals surface area contributed by atoms with Gasteiger partial charge in [0, 0.05) is 18.1 Å². The fourth-order valence-electron chi connectivity index (χ4n) is 1.69. The predicted molar refractivity (Wildman–Crippen MR) is 73.9 cm³/mol. The Labute approximate surface area is 116 Å². The van der Waals surface area contributed by atoms with Crippen LogP contribution in [0, 0.1) is 6.92 Å². The summed E-state index contributed by atoms with van der Waals surface area (Å²) in [5, 5.41) is 3.38. The number of anilines is 1. The van der Waals surface area contributed by atoms with Crippen molar-refractivity contribution in [2.24, 2.45) is 7.05 Å². The van der Waals surface area contributed by atoms with E-state index in [0.29, 0.717) is 22.2 Å². The molecule has 5 nitrogen and oxygen atoms in total. The molecule has 1 aromatic heterocycles. The van der Waals surface area contributed by atoms with Gasteiger partial charge >= 0.3 is 0 Å². The number of hydrogen-bond donors (Lipinski definition) is 1. The molecule has 19 heavy (non-hydrogen) atoms. The minimum absolute atomic E-state index is 0.250. The van der Waals surface area contributed by atoms with Gasteiger partial charge in [-0.15, -0.1) is 0 Å². The van der Waals surface area contributed by atoms with Crippen LogP contribution in [0.1, 0.15) is 16.1 Å². The van der Waals surface area contributed by atoms with Crippen molar-refractivity contribution >= 4 is 23.2 Å². The highest BCUT2D eigenvalue weighted by Crippen LogP contribution is 2.31. The van der Waals surface area contributed by atoms with Crippen LogP contribution < -0.4 is 10.1 Å². The van der Waals surface area contributed by atoms with Gasteiger partial charge in [0.05, 0.1) is 25.3 Å². The summed E-state index contributed by atoms with van der Waals surface area (Å²) < 4.78 is 6.85. The molecule has 0 aliphatic carbocycles. The third-order valence-corrected chi connectivity index (χ3v) is 3.19. The maximum Gasteiger partial charge on any atom is 0.274 e. The van der Waals surface area contributed by atoms with E-state index in [1.807, 2.05) is 6.92 Å². The summed E-state index contributed by atoms with van der Waals surface area (Å²) in [6.45, 7) is 1.86. The zero-order valence-electron chi connectivity index (χ0n) is 10.9. The number of ether oxygens (including phenoxy) is 1. The second kappa shape index (κ2) is 5.32. The standard InChI is InChI=1S/C13H14ClN3O2/c1-8-4-10(12(19-3)5-9(8)14)16-13(18)11-6-15-7-17(11)2/h4-7H,1-3H3,(H,16,18). The molecule has 1 amide bonds. The highest BCUT2D eigenvalue weighted by Gasteiger charge is 2.14. The van der Waals surface area contributed by atoms with Crippen LogP contribution in [-0.4, -0.2) is 22.6 Å². The van der Waals surface area contributed by atoms with E-state index in [1.165, 1.54) is 13.3 Å². The highest BCUT2D eigenvalue weighted by molar-refractivity contribution is 6.31. The van der Waals surface area contributed by atoms with Crippen LogP contribution in [0.15, 0.2) is 24.7 Å². The fourth-order valence-corrected chi connectivity index (χ4v) is 1.85. The minimum Gasteiger partial charge on any atom is -0.495 e. The second-order valence-electron chi connectivity index (χ2n) is 4.15. The number of halogens is 1. The first-order valence-electron chi connectivity index (χ1n) is 5.64. The molecule has 2 rings (SSSR count). The number of carbonyl (C=O) groups excluding carboxylic acids is 1. The fraction of sp³-hybridized carbons (Fsp3) is 0.231. The van der Waals surface area contributed by atoms with E-state index in [0.717, 1.165) is 5.56 Å². The Balaban J connectivity index is 2.31. The number of amides is 1. The maximum absolute atomic E-state index is 12.1. The van der Waals surface area contributed by atoms with Crippen LogP contribution >= 0.6 is 11.6 Å². The van der Waals surface area contributed by atoms with E-state index in [9.17, 15) is 4.79 Å². The molecule has 1 aromatic carbocycles. The average Bonchev–Trinajstić information content (AvgIpc) is 2.79. The third-order valence-electron chi connectivity index (χ3n) is 2.78. The van der Waals surface area contributed by atoms with Crippen molar-refractivity contribution in [3.05, 3.63) is 40.9 Å². The molecule has 100 valence electrons. The molecule has 0 bridgehead atoms. The van der Waals surface area contributed by atoms with Gasteiger partial charge in [-0.25, -0.2) is 4.98 Å². The van der Waals surface area contributed by atoms with Crippen LogP contribution in [0.5, 0.6) is 5.75 Å². The van der Waals surface area contributed by atoms with Crippen LogP contribution in [-0.2, 0) is 7.05 Å². The number of rotatable bonds is 3. The van der Waals surface area contributed by atoms with E-state index in [4.69, 9.17) is 16.3 Å². The Morgan fingerprint density at radius 3 is 2.79 bits per heavy atom. The number of methoxy groups -OCH3 is 1. The number of imidazole rings is 1. The van der Waals surface area contributed by atoms with E-state index in [-0.39, 0.29) is 5.91 Å². The van der Waals surface area contributed by atoms with Crippen LogP contribution in [0.25, 0.3) is 0 Å². The summed E-state index contributed by atoms with van der Waals surface area (Å²) in [6, 6.07) is 3.45. The SMILES string of the molecule is COc1cc(Cl)c(C)cc1NC(=O)c1cncn1C. The first-order chi connectivity index (χ1) is 9.02. The van der Waals surface area contributed by atoms with Crippen molar-refractivity contribution in [2.75, 3.05) is 12.4 Å². The molecule has 0 aliphatic heterocycles. The molecule has 0 atom stereocenters. The molecule has 2 aromatic rings. The molecule has 6 heteroatoms. The van der Waals surface area contributed by atoms with Crippen molar-refractivity contribution in [1.82, 2.24) is 9.55 Å². The van der Waals surface area contributed by atoms with Gasteiger partial charge < -0.3 is 14.6 Å². The Hall–Kier alpha value is -2.01. The molecule has 0 unspecified atom stereocenters. The first kappa shape index (κ1) is 13.4. The minimum atomic E-state index is -0.250. The Bertz CT molecular complexity index is 622. The van der Waals surface area contributed by atoms with E-state index in [2.05, 4.69) is 10.3 Å². The zero-order valence-corrected chi connectivity index (χ0v) is 11.7. The van der Waals surface area contributed by atoms with Gasteiger partial charge in [0.1, 0.15) is 11.4 Å². The number of carbonyl (C=O) groups is 1. The molecule has 0 fully saturated rings. The van der Waals surface area contributed by atoms with Gasteiger partial charge in [0.2, 0.25) is 0 Å². The third kappa shape index (κ3) is 2.71. The monoisotopic (exact) mass is 279 g/mol. The summed E-state index contributed by atoms with van der Waals surface area (Å²) in [5.41, 5.74) is 1.91. The number of benzene rings is 1. The van der Waals surface area contributed by atoms with Gasteiger partial charge in [-0.2, -0.15) is 0 Å². The van der Waals surface area contributed by atoms with E-state index < -0.39 is 0 Å². The molecule has 0 radical (unpaired) electrons. The average molecular weight is 280 g/mol. The van der Waals surface area contributed by atoms with Crippen LogP contribution in [0.2, 0.25) is 5.02 Å². The summed E-state index contributed by atoms with van der Waals surface area (Å²) in [7, 11) is 3.28. The summed E-state index contributed by atoms with van der Waals surface area (Å²) in [6.07, 6.45) is 3.07. The number of aromatic nitrogens is 2. The van der Waals surface area contributed by atoms with E-state index >= 15 is 0 Å². The number of nitrogens with one attached hydrogen (secondary N) is 1. The lowest BCUT2D eigenvalue weighted by atomic mass is 10.2. The van der Waals surface area contributed by atoms with Crippen molar-refractivity contribution in [2.45, 2.75) is 6.92 Å². The second-order valence-corrected chi connectivity index (χ2v) is 4.55. The Morgan fingerprint density at radius 1 is 1.47 bits per heavy atom. The highest BCUT2D eigenvalue weighted by atomic mass is 35.5. The summed E-state index contributed by atoms with van der Waals surface area (Å²) in [4.78, 5) is 16.0. The predicted octanol–water partition coefficient (Wildman–Crippen LogP) is 2.64. The first-order valence-corrected chi connectivity index (χ1v) is 6.02. The summed E-state index contributed by atoms with van der Waals surface area (Å²) >= 11 is 6.02. The Morgan fingerprint density at radius 2 is 2.21 bits per heavy atom. The van der Waals surface area contributed by atoms with Gasteiger partial charge in [-0.3, -0.25) is 4.79 Å². The van der Waals surface area contributed by atoms with E-state index in [1.54, 1.807) is 30.1 Å². The molecule has 1 N–H and O–H groups in total. The van der Waals surface area contributed by atoms with Gasteiger partial charge in [0.15, 0.2) is 0 Å². The maximum atomic E-state index is 12.1. The smallest absolute Gasteiger partial charge is 0.274 e. The van der Waals surface area contributed by atoms with Crippen molar-refractivity contribution in [3.8, 4) is 5.75 Å². The normalized spacial score (nSPS) is 10.3. The molecular formula is C13H14ClN3O2. The van der Waals surface area contributed by atoms with Crippen molar-refractivity contribution in [1.29, 1.82) is 0 Å². The largest absolute Gasteiger partial charge is 0.495 e. The lowest BCUT2D eigenvalue weighted by Crippen LogP contribution is -2.16. The zero-order chi connectivity index (χ0) is 14.0. The lowest BCUT2D eigenvalue weighted by Gasteiger charge is -2.12. The summed E-state index contributed by atoms with van der Waals surface area (Å²) in [5.74, 6) is 0.270. The molecule has 0 saturated carbocycles. The Kier molecular flexibility index (Phi) is 3.76. The van der Waals surface area contributed by atoms with Crippen LogP contribution in [0.4, 0.5) is 5.69 Å². The molecule has 0 saturated heterocycles. The van der Waals surface area contributed by atoms with Crippen molar-refractivity contribution < 1.29 is 9.53 Å². The van der Waals surface area contributed by atoms with Gasteiger partial charge in [0.25, 0.3) is 5.91 Å². The van der Waals surface area contributed by atoms with Crippen molar-refractivity contribution in [3.63, 3.8) is 0 Å². The number of aryl methyl sites for hydroxylation is 2. The van der Waals surface area contributed by atoms with Crippen LogP contribution in [0.3, 0.4) is 0 Å². The lowest BCUT2D eigenvalue weighted by molar-refractivity contribution is 0.101. The number of nitrogens with zero attached hydrogens (tertiary/aromatic N) is 2. The molecule has 0 aliphatic rings. The molecular weight excluding hydrogens is 266 g/mol.